The predicted molar refractivity (Wildman–Crippen MR) is 78.6 cm³/mol. The highest BCUT2D eigenvalue weighted by atomic mass is 16.4. The van der Waals surface area contributed by atoms with Gasteiger partial charge < -0.3 is 10.4 Å². The summed E-state index contributed by atoms with van der Waals surface area (Å²) in [4.78, 5) is 23.3. The Morgan fingerprint density at radius 1 is 1.15 bits per heavy atom. The second-order valence-corrected chi connectivity index (χ2v) is 5.28. The van der Waals surface area contributed by atoms with Crippen molar-refractivity contribution in [1.29, 1.82) is 0 Å². The van der Waals surface area contributed by atoms with Crippen molar-refractivity contribution in [1.82, 2.24) is 5.32 Å². The number of aliphatic carboxylic acids is 1. The monoisotopic (exact) mass is 277 g/mol. The molecular weight excluding hydrogens is 254 g/mol. The Hall–Kier alpha value is -1.84. The summed E-state index contributed by atoms with van der Waals surface area (Å²) in [7, 11) is 0. The molecule has 4 nitrogen and oxygen atoms in total. The molecule has 1 rings (SSSR count). The molecule has 0 saturated heterocycles. The molecular formula is C16H23NO3. The Morgan fingerprint density at radius 2 is 1.70 bits per heavy atom. The maximum atomic E-state index is 12.0. The first-order valence-corrected chi connectivity index (χ1v) is 7.03. The average Bonchev–Trinajstić information content (AvgIpc) is 2.39. The summed E-state index contributed by atoms with van der Waals surface area (Å²) in [6.45, 7) is 5.53. The summed E-state index contributed by atoms with van der Waals surface area (Å²) in [6, 6.07) is 7.81. The Balaban J connectivity index is 2.67. The van der Waals surface area contributed by atoms with E-state index in [1.807, 2.05) is 31.2 Å². The summed E-state index contributed by atoms with van der Waals surface area (Å²) in [6.07, 6.45) is 2.29. The van der Waals surface area contributed by atoms with Gasteiger partial charge in [0.2, 0.25) is 5.91 Å². The minimum atomic E-state index is -1.19. The van der Waals surface area contributed by atoms with Crippen molar-refractivity contribution in [3.8, 4) is 0 Å². The summed E-state index contributed by atoms with van der Waals surface area (Å²) < 4.78 is 0. The van der Waals surface area contributed by atoms with E-state index in [1.165, 1.54) is 5.56 Å². The number of carboxylic acid groups (broad SMARTS) is 1. The molecule has 0 aliphatic heterocycles. The van der Waals surface area contributed by atoms with Crippen LogP contribution < -0.4 is 5.32 Å². The van der Waals surface area contributed by atoms with Crippen LogP contribution in [0.15, 0.2) is 24.3 Å². The second kappa shape index (κ2) is 7.08. The van der Waals surface area contributed by atoms with Gasteiger partial charge in [0, 0.05) is 0 Å². The van der Waals surface area contributed by atoms with Crippen LogP contribution in [0, 0.1) is 0 Å². The van der Waals surface area contributed by atoms with Crippen molar-refractivity contribution < 1.29 is 14.7 Å². The number of aryl methyl sites for hydroxylation is 1. The molecule has 0 spiro atoms. The van der Waals surface area contributed by atoms with E-state index in [4.69, 9.17) is 0 Å². The van der Waals surface area contributed by atoms with E-state index in [9.17, 15) is 14.7 Å². The zero-order valence-corrected chi connectivity index (χ0v) is 12.4. The minimum Gasteiger partial charge on any atom is -0.480 e. The fourth-order valence-electron chi connectivity index (χ4n) is 2.15. The molecule has 1 aromatic rings. The zero-order chi connectivity index (χ0) is 15.2. The molecule has 0 aromatic heterocycles. The highest BCUT2D eigenvalue weighted by molar-refractivity contribution is 5.87. The third-order valence-corrected chi connectivity index (χ3v) is 3.43. The van der Waals surface area contributed by atoms with Gasteiger partial charge in [-0.3, -0.25) is 4.79 Å². The van der Waals surface area contributed by atoms with E-state index in [2.05, 4.69) is 12.2 Å². The first-order chi connectivity index (χ1) is 9.41. The lowest BCUT2D eigenvalue weighted by atomic mass is 9.95. The maximum absolute atomic E-state index is 12.0. The highest BCUT2D eigenvalue weighted by Crippen LogP contribution is 2.13. The SMILES string of the molecule is CCCC(C)(NC(=O)Cc1ccc(CC)cc1)C(=O)O. The Kier molecular flexibility index (Phi) is 5.74. The minimum absolute atomic E-state index is 0.205. The van der Waals surface area contributed by atoms with Crippen LogP contribution in [0.3, 0.4) is 0 Å². The second-order valence-electron chi connectivity index (χ2n) is 5.28. The molecule has 0 fully saturated rings. The fraction of sp³-hybridized carbons (Fsp3) is 0.500. The van der Waals surface area contributed by atoms with Gasteiger partial charge in [-0.2, -0.15) is 0 Å². The summed E-state index contributed by atoms with van der Waals surface area (Å²) in [5.74, 6) is -1.25. The van der Waals surface area contributed by atoms with Crippen molar-refractivity contribution >= 4 is 11.9 Å². The molecule has 2 N–H and O–H groups in total. The first kappa shape index (κ1) is 16.2. The van der Waals surface area contributed by atoms with Crippen LogP contribution in [-0.2, 0) is 22.4 Å². The first-order valence-electron chi connectivity index (χ1n) is 7.03. The number of amides is 1. The normalized spacial score (nSPS) is 13.6. The van der Waals surface area contributed by atoms with Crippen LogP contribution >= 0.6 is 0 Å². The van der Waals surface area contributed by atoms with Gasteiger partial charge in [0.1, 0.15) is 5.54 Å². The van der Waals surface area contributed by atoms with E-state index < -0.39 is 11.5 Å². The quantitative estimate of drug-likeness (QED) is 0.805. The average molecular weight is 277 g/mol. The van der Waals surface area contributed by atoms with Crippen LogP contribution in [0.2, 0.25) is 0 Å². The van der Waals surface area contributed by atoms with Crippen molar-refractivity contribution in [3.05, 3.63) is 35.4 Å². The molecule has 0 aliphatic carbocycles. The summed E-state index contributed by atoms with van der Waals surface area (Å²) in [5, 5.41) is 11.9. The van der Waals surface area contributed by atoms with Gasteiger partial charge in [0.25, 0.3) is 0 Å². The molecule has 0 bridgehead atoms. The fourth-order valence-corrected chi connectivity index (χ4v) is 2.15. The van der Waals surface area contributed by atoms with Crippen molar-refractivity contribution in [3.63, 3.8) is 0 Å². The van der Waals surface area contributed by atoms with Gasteiger partial charge >= 0.3 is 5.97 Å². The van der Waals surface area contributed by atoms with Crippen molar-refractivity contribution in [2.75, 3.05) is 0 Å². The molecule has 0 aliphatic rings. The number of carboxylic acids is 1. The molecule has 110 valence electrons. The number of benzene rings is 1. The Bertz CT molecular complexity index is 467. The van der Waals surface area contributed by atoms with E-state index in [0.29, 0.717) is 12.8 Å². The molecule has 1 atom stereocenters. The van der Waals surface area contributed by atoms with Crippen LogP contribution in [0.25, 0.3) is 0 Å². The number of nitrogens with one attached hydrogen (secondary N) is 1. The topological polar surface area (TPSA) is 66.4 Å². The summed E-state index contributed by atoms with van der Waals surface area (Å²) in [5.41, 5.74) is 0.925. The van der Waals surface area contributed by atoms with Gasteiger partial charge in [-0.1, -0.05) is 44.5 Å². The lowest BCUT2D eigenvalue weighted by Gasteiger charge is -2.25. The number of carbonyl (C=O) groups is 2. The van der Waals surface area contributed by atoms with Gasteiger partial charge in [0.15, 0.2) is 0 Å². The van der Waals surface area contributed by atoms with Gasteiger partial charge in [-0.25, -0.2) is 4.79 Å². The number of rotatable bonds is 7. The van der Waals surface area contributed by atoms with E-state index in [0.717, 1.165) is 12.0 Å². The molecule has 1 unspecified atom stereocenters. The van der Waals surface area contributed by atoms with Crippen LogP contribution in [0.1, 0.15) is 44.7 Å². The third-order valence-electron chi connectivity index (χ3n) is 3.43. The smallest absolute Gasteiger partial charge is 0.329 e. The van der Waals surface area contributed by atoms with E-state index >= 15 is 0 Å². The van der Waals surface area contributed by atoms with Gasteiger partial charge in [-0.15, -0.1) is 0 Å². The zero-order valence-electron chi connectivity index (χ0n) is 12.4. The van der Waals surface area contributed by atoms with Gasteiger partial charge in [-0.05, 0) is 30.9 Å². The molecule has 0 saturated carbocycles. The molecule has 1 amide bonds. The molecule has 0 heterocycles. The lowest BCUT2D eigenvalue weighted by Crippen LogP contribution is -2.52. The Labute approximate surface area is 120 Å². The summed E-state index contributed by atoms with van der Waals surface area (Å²) >= 11 is 0. The van der Waals surface area contributed by atoms with Crippen LogP contribution in [0.4, 0.5) is 0 Å². The van der Waals surface area contributed by atoms with E-state index in [-0.39, 0.29) is 12.3 Å². The molecule has 0 radical (unpaired) electrons. The Morgan fingerprint density at radius 3 is 2.15 bits per heavy atom. The molecule has 4 heteroatoms. The lowest BCUT2D eigenvalue weighted by molar-refractivity contribution is -0.147. The van der Waals surface area contributed by atoms with Gasteiger partial charge in [0.05, 0.1) is 6.42 Å². The van der Waals surface area contributed by atoms with Crippen LogP contribution in [0.5, 0.6) is 0 Å². The maximum Gasteiger partial charge on any atom is 0.329 e. The van der Waals surface area contributed by atoms with Crippen molar-refractivity contribution in [2.24, 2.45) is 0 Å². The third kappa shape index (κ3) is 4.37. The number of carbonyl (C=O) groups excluding carboxylic acids is 1. The van der Waals surface area contributed by atoms with E-state index in [1.54, 1.807) is 6.92 Å². The predicted octanol–water partition coefficient (Wildman–Crippen LogP) is 2.55. The standard InChI is InChI=1S/C16H23NO3/c1-4-10-16(3,15(19)20)17-14(18)11-13-8-6-12(5-2)7-9-13/h6-9H,4-5,10-11H2,1-3H3,(H,17,18)(H,19,20). The molecule has 1 aromatic carbocycles. The van der Waals surface area contributed by atoms with Crippen molar-refractivity contribution in [2.45, 2.75) is 52.0 Å². The molecule has 20 heavy (non-hydrogen) atoms. The largest absolute Gasteiger partial charge is 0.480 e. The number of hydrogen-bond donors (Lipinski definition) is 2. The number of hydrogen-bond acceptors (Lipinski definition) is 2. The highest BCUT2D eigenvalue weighted by Gasteiger charge is 2.33. The van der Waals surface area contributed by atoms with Crippen LogP contribution in [-0.4, -0.2) is 22.5 Å².